The van der Waals surface area contributed by atoms with Crippen molar-refractivity contribution in [3.63, 3.8) is 0 Å². The largest absolute Gasteiger partial charge is 0.377 e. The van der Waals surface area contributed by atoms with E-state index in [0.29, 0.717) is 5.54 Å². The molecule has 0 heterocycles. The van der Waals surface area contributed by atoms with E-state index in [1.807, 2.05) is 0 Å². The van der Waals surface area contributed by atoms with Gasteiger partial charge in [-0.2, -0.15) is 0 Å². The molecule has 0 aliphatic heterocycles. The summed E-state index contributed by atoms with van der Waals surface area (Å²) < 4.78 is 0. The topological polar surface area (TPSA) is 9.72 Å². The zero-order valence-electron chi connectivity index (χ0n) is 27.1. The van der Waals surface area contributed by atoms with Crippen LogP contribution in [0.15, 0.2) is 76.9 Å². The zero-order valence-corrected chi connectivity index (χ0v) is 28.1. The van der Waals surface area contributed by atoms with Crippen molar-refractivity contribution in [1.29, 1.82) is 0 Å². The van der Waals surface area contributed by atoms with Crippen LogP contribution in [-0.2, 0) is 0 Å². The number of allylic oxidation sites excluding steroid dienone is 4. The number of anilines is 3. The summed E-state index contributed by atoms with van der Waals surface area (Å²) >= 11 is 0. The number of hydrogen-bond donors (Lipinski definition) is 0. The first-order valence-electron chi connectivity index (χ1n) is 14.5. The second-order valence-corrected chi connectivity index (χ2v) is 16.2. The van der Waals surface area contributed by atoms with Crippen LogP contribution in [0.4, 0.5) is 17.1 Å². The molecule has 1 aliphatic carbocycles. The molecule has 3 nitrogen and oxygen atoms in total. The SMILES string of the molecule is CC1=C(C)C([Si](c2cccc(N(C)C)c2C)(c2cccc(N(C)C)c2C)c2cccc(N(C)C)c2C)C(C)=C1C. The highest BCUT2D eigenvalue weighted by Crippen LogP contribution is 2.47. The zero-order chi connectivity index (χ0) is 29.7. The van der Waals surface area contributed by atoms with Gasteiger partial charge in [-0.3, -0.25) is 0 Å². The molecular weight excluding hydrogens is 503 g/mol. The van der Waals surface area contributed by atoms with Crippen LogP contribution in [0.2, 0.25) is 5.54 Å². The Hall–Kier alpha value is -3.24. The maximum atomic E-state index is 2.46. The highest BCUT2D eigenvalue weighted by atomic mass is 28.3. The van der Waals surface area contributed by atoms with Crippen LogP contribution in [0, 0.1) is 20.8 Å². The molecule has 0 atom stereocenters. The first kappa shape index (κ1) is 29.7. The fraction of sp³-hybridized carbons (Fsp3) is 0.389. The van der Waals surface area contributed by atoms with Crippen LogP contribution in [-0.4, -0.2) is 50.4 Å². The summed E-state index contributed by atoms with van der Waals surface area (Å²) in [7, 11) is 10.3. The van der Waals surface area contributed by atoms with Crippen molar-refractivity contribution in [1.82, 2.24) is 0 Å². The summed E-state index contributed by atoms with van der Waals surface area (Å²) in [5.74, 6) is 0. The molecular formula is C36H49N3Si. The highest BCUT2D eigenvalue weighted by Gasteiger charge is 2.52. The number of nitrogens with zero attached hydrogens (tertiary/aromatic N) is 3. The van der Waals surface area contributed by atoms with Gasteiger partial charge in [-0.1, -0.05) is 47.5 Å². The third kappa shape index (κ3) is 4.41. The molecule has 0 bridgehead atoms. The fourth-order valence-corrected chi connectivity index (χ4v) is 14.3. The molecule has 3 aromatic carbocycles. The van der Waals surface area contributed by atoms with E-state index >= 15 is 0 Å². The van der Waals surface area contributed by atoms with Crippen LogP contribution in [0.25, 0.3) is 0 Å². The molecule has 4 heteroatoms. The molecule has 4 rings (SSSR count). The summed E-state index contributed by atoms with van der Waals surface area (Å²) in [6.07, 6.45) is 0. The summed E-state index contributed by atoms with van der Waals surface area (Å²) in [5, 5.41) is 4.55. The minimum Gasteiger partial charge on any atom is -0.377 e. The standard InChI is InChI=1S/C36H49N3Si/c1-23-24(2)26(4)36(25(23)3)40(33-20-14-17-30(27(33)5)37(8)9,34-21-15-18-31(28(34)6)38(10)11)35-22-16-19-32(29(35)7)39(12)13/h14-22,36H,1-13H3. The van der Waals surface area contributed by atoms with E-state index in [-0.39, 0.29) is 0 Å². The normalized spacial score (nSPS) is 14.3. The van der Waals surface area contributed by atoms with Gasteiger partial charge < -0.3 is 14.7 Å². The first-order chi connectivity index (χ1) is 18.8. The Morgan fingerprint density at radius 2 is 0.725 bits per heavy atom. The summed E-state index contributed by atoms with van der Waals surface area (Å²) in [6.45, 7) is 16.6. The number of benzene rings is 3. The van der Waals surface area contributed by atoms with E-state index in [4.69, 9.17) is 0 Å². The Kier molecular flexibility index (Phi) is 8.15. The van der Waals surface area contributed by atoms with Crippen LogP contribution >= 0.6 is 0 Å². The van der Waals surface area contributed by atoms with E-state index in [0.717, 1.165) is 0 Å². The van der Waals surface area contributed by atoms with E-state index in [2.05, 4.69) is 160 Å². The summed E-state index contributed by atoms with van der Waals surface area (Å²) in [5.41, 5.74) is 14.4. The summed E-state index contributed by atoms with van der Waals surface area (Å²) in [6, 6.07) is 21.1. The van der Waals surface area contributed by atoms with Crippen LogP contribution in [0.1, 0.15) is 44.4 Å². The second kappa shape index (κ2) is 11.0. The Balaban J connectivity index is 2.36. The Morgan fingerprint density at radius 3 is 0.975 bits per heavy atom. The molecule has 3 aromatic rings. The van der Waals surface area contributed by atoms with E-state index < -0.39 is 8.07 Å². The number of rotatable bonds is 7. The molecule has 0 fully saturated rings. The van der Waals surface area contributed by atoms with E-state index in [1.165, 1.54) is 71.6 Å². The van der Waals surface area contributed by atoms with E-state index in [9.17, 15) is 0 Å². The molecule has 0 radical (unpaired) electrons. The molecule has 212 valence electrons. The molecule has 0 aromatic heterocycles. The number of hydrogen-bond acceptors (Lipinski definition) is 3. The van der Waals surface area contributed by atoms with Crippen LogP contribution < -0.4 is 30.3 Å². The lowest BCUT2D eigenvalue weighted by atomic mass is 10.1. The van der Waals surface area contributed by atoms with Gasteiger partial charge in [-0.25, -0.2) is 0 Å². The Labute approximate surface area is 244 Å². The fourth-order valence-electron chi connectivity index (χ4n) is 7.51. The van der Waals surface area contributed by atoms with Gasteiger partial charge >= 0.3 is 0 Å². The van der Waals surface area contributed by atoms with Gasteiger partial charge in [0.1, 0.15) is 0 Å². The third-order valence-electron chi connectivity index (χ3n) is 9.68. The quantitative estimate of drug-likeness (QED) is 0.251. The van der Waals surface area contributed by atoms with Crippen molar-refractivity contribution in [2.75, 3.05) is 57.0 Å². The van der Waals surface area contributed by atoms with Gasteiger partial charge in [0.05, 0.1) is 0 Å². The average molecular weight is 552 g/mol. The van der Waals surface area contributed by atoms with Crippen molar-refractivity contribution >= 4 is 40.7 Å². The second-order valence-electron chi connectivity index (χ2n) is 12.4. The van der Waals surface area contributed by atoms with Gasteiger partial charge in [0.25, 0.3) is 0 Å². The molecule has 0 saturated carbocycles. The van der Waals surface area contributed by atoms with Crippen molar-refractivity contribution in [2.45, 2.75) is 54.0 Å². The van der Waals surface area contributed by atoms with E-state index in [1.54, 1.807) is 0 Å². The van der Waals surface area contributed by atoms with Crippen molar-refractivity contribution in [3.8, 4) is 0 Å². The lowest BCUT2D eigenvalue weighted by molar-refractivity contribution is 1.08. The lowest BCUT2D eigenvalue weighted by Gasteiger charge is -2.44. The monoisotopic (exact) mass is 551 g/mol. The Morgan fingerprint density at radius 1 is 0.450 bits per heavy atom. The molecule has 0 N–H and O–H groups in total. The van der Waals surface area contributed by atoms with Gasteiger partial charge in [-0.05, 0) is 110 Å². The van der Waals surface area contributed by atoms with Gasteiger partial charge in [0.15, 0.2) is 8.07 Å². The van der Waals surface area contributed by atoms with Gasteiger partial charge in [-0.15, -0.1) is 0 Å². The molecule has 1 aliphatic rings. The maximum absolute atomic E-state index is 2.76. The predicted molar refractivity (Wildman–Crippen MR) is 182 cm³/mol. The predicted octanol–water partition coefficient (Wildman–Crippen LogP) is 6.34. The smallest absolute Gasteiger partial charge is 0.160 e. The molecule has 0 amide bonds. The third-order valence-corrected chi connectivity index (χ3v) is 15.6. The molecule has 0 saturated heterocycles. The Bertz CT molecular complexity index is 1340. The van der Waals surface area contributed by atoms with Gasteiger partial charge in [0, 0.05) is 64.9 Å². The highest BCUT2D eigenvalue weighted by molar-refractivity contribution is 7.14. The average Bonchev–Trinajstić information content (AvgIpc) is 3.09. The molecule has 0 spiro atoms. The van der Waals surface area contributed by atoms with Gasteiger partial charge in [0.2, 0.25) is 0 Å². The molecule has 40 heavy (non-hydrogen) atoms. The first-order valence-corrected chi connectivity index (χ1v) is 16.5. The van der Waals surface area contributed by atoms with Crippen molar-refractivity contribution in [3.05, 3.63) is 93.6 Å². The van der Waals surface area contributed by atoms with Crippen LogP contribution in [0.5, 0.6) is 0 Å². The molecule has 0 unspecified atom stereocenters. The lowest BCUT2D eigenvalue weighted by Crippen LogP contribution is -2.72. The minimum absolute atomic E-state index is 0.329. The van der Waals surface area contributed by atoms with Crippen molar-refractivity contribution in [2.24, 2.45) is 0 Å². The van der Waals surface area contributed by atoms with Crippen LogP contribution in [0.3, 0.4) is 0 Å². The maximum Gasteiger partial charge on any atom is 0.160 e. The van der Waals surface area contributed by atoms with Crippen molar-refractivity contribution < 1.29 is 0 Å². The summed E-state index contributed by atoms with van der Waals surface area (Å²) in [4.78, 5) is 6.84. The minimum atomic E-state index is -2.76.